The Bertz CT molecular complexity index is 561. The van der Waals surface area contributed by atoms with Gasteiger partial charge in [0.05, 0.1) is 0 Å². The number of nitrogens with one attached hydrogen (secondary N) is 3. The van der Waals surface area contributed by atoms with Crippen LogP contribution in [-0.4, -0.2) is 36.4 Å². The van der Waals surface area contributed by atoms with Crippen molar-refractivity contribution in [2.75, 3.05) is 25.0 Å². The number of aromatic nitrogens is 1. The number of anilines is 1. The average Bonchev–Trinajstić information content (AvgIpc) is 2.99. The molecule has 2 heterocycles. The first-order valence-electron chi connectivity index (χ1n) is 8.82. The fraction of sp³-hybridized carbons (Fsp3) is 0.706. The van der Waals surface area contributed by atoms with Crippen molar-refractivity contribution < 1.29 is 9.59 Å². The highest BCUT2D eigenvalue weighted by Gasteiger charge is 2.36. The third-order valence-electron chi connectivity index (χ3n) is 5.12. The topological polar surface area (TPSA) is 83.1 Å². The second-order valence-corrected chi connectivity index (χ2v) is 8.02. The van der Waals surface area contributed by atoms with Crippen LogP contribution in [0.15, 0.2) is 11.6 Å². The molecule has 26 heavy (non-hydrogen) atoms. The standard InChI is InChI=1S/C17H26N4O2S.2ClH/c22-14(20-12-13-10-18-11-13)8-17(4-2-1-3-5-17)9-15(23)21-16-19-6-7-24-16;;/h6-7,13,18H,1-5,8-12H2,(H,20,22)(H,19,21,23);2*1H. The highest BCUT2D eigenvalue weighted by Crippen LogP contribution is 2.42. The van der Waals surface area contributed by atoms with E-state index in [2.05, 4.69) is 20.9 Å². The second kappa shape index (κ2) is 11.1. The van der Waals surface area contributed by atoms with Crippen LogP contribution in [0.3, 0.4) is 0 Å². The van der Waals surface area contributed by atoms with Gasteiger partial charge >= 0.3 is 0 Å². The van der Waals surface area contributed by atoms with Crippen molar-refractivity contribution in [2.45, 2.75) is 44.9 Å². The molecule has 0 bridgehead atoms. The van der Waals surface area contributed by atoms with Crippen LogP contribution in [0, 0.1) is 11.3 Å². The van der Waals surface area contributed by atoms with Crippen LogP contribution in [0.25, 0.3) is 0 Å². The summed E-state index contributed by atoms with van der Waals surface area (Å²) in [7, 11) is 0. The van der Waals surface area contributed by atoms with Crippen LogP contribution in [0.2, 0.25) is 0 Å². The number of nitrogens with zero attached hydrogens (tertiary/aromatic N) is 1. The second-order valence-electron chi connectivity index (χ2n) is 7.13. The lowest BCUT2D eigenvalue weighted by atomic mass is 9.69. The van der Waals surface area contributed by atoms with Crippen LogP contribution in [0.5, 0.6) is 0 Å². The van der Waals surface area contributed by atoms with Crippen LogP contribution in [0.1, 0.15) is 44.9 Å². The van der Waals surface area contributed by atoms with E-state index < -0.39 is 0 Å². The van der Waals surface area contributed by atoms with E-state index in [-0.39, 0.29) is 42.0 Å². The van der Waals surface area contributed by atoms with Crippen LogP contribution < -0.4 is 16.0 Å². The molecule has 0 spiro atoms. The van der Waals surface area contributed by atoms with Gasteiger partial charge in [-0.05, 0) is 18.3 Å². The lowest BCUT2D eigenvalue weighted by molar-refractivity contribution is -0.126. The minimum absolute atomic E-state index is 0. The number of amides is 2. The number of carbonyl (C=O) groups excluding carboxylic acids is 2. The molecule has 1 aliphatic heterocycles. The molecule has 1 aromatic heterocycles. The molecule has 1 saturated carbocycles. The maximum absolute atomic E-state index is 12.4. The van der Waals surface area contributed by atoms with Crippen LogP contribution in [0.4, 0.5) is 5.13 Å². The Hall–Kier alpha value is -0.890. The van der Waals surface area contributed by atoms with E-state index in [4.69, 9.17) is 0 Å². The number of thiazole rings is 1. The van der Waals surface area contributed by atoms with Gasteiger partial charge in [0.15, 0.2) is 5.13 Å². The van der Waals surface area contributed by atoms with Crippen molar-refractivity contribution in [3.8, 4) is 0 Å². The maximum atomic E-state index is 12.4. The third-order valence-corrected chi connectivity index (χ3v) is 5.81. The molecule has 6 nitrogen and oxygen atoms in total. The number of hydrogen-bond donors (Lipinski definition) is 3. The predicted molar refractivity (Wildman–Crippen MR) is 109 cm³/mol. The fourth-order valence-corrected chi connectivity index (χ4v) is 4.21. The molecule has 0 aromatic carbocycles. The molecule has 0 radical (unpaired) electrons. The maximum Gasteiger partial charge on any atom is 0.226 e. The van der Waals surface area contributed by atoms with E-state index in [0.29, 0.717) is 23.9 Å². The SMILES string of the molecule is Cl.Cl.O=C(CC1(CC(=O)Nc2nccs2)CCCCC1)NCC1CNC1. The number of rotatable bonds is 7. The number of halogens is 2. The van der Waals surface area contributed by atoms with Gasteiger partial charge in [-0.2, -0.15) is 0 Å². The van der Waals surface area contributed by atoms with Gasteiger partial charge in [0.25, 0.3) is 0 Å². The first-order chi connectivity index (χ1) is 11.7. The molecule has 2 amide bonds. The molecule has 0 atom stereocenters. The van der Waals surface area contributed by atoms with Gasteiger partial charge < -0.3 is 16.0 Å². The van der Waals surface area contributed by atoms with Gasteiger partial charge in [0.1, 0.15) is 0 Å². The Labute approximate surface area is 171 Å². The van der Waals surface area contributed by atoms with Crippen LogP contribution >= 0.6 is 36.2 Å². The highest BCUT2D eigenvalue weighted by molar-refractivity contribution is 7.13. The van der Waals surface area contributed by atoms with Crippen molar-refractivity contribution in [1.29, 1.82) is 0 Å². The Morgan fingerprint density at radius 3 is 2.42 bits per heavy atom. The van der Waals surface area contributed by atoms with Crippen molar-refractivity contribution in [3.63, 3.8) is 0 Å². The molecule has 0 unspecified atom stereocenters. The summed E-state index contributed by atoms with van der Waals surface area (Å²) in [5, 5.41) is 11.6. The summed E-state index contributed by atoms with van der Waals surface area (Å²) in [6, 6.07) is 0. The lowest BCUT2D eigenvalue weighted by Gasteiger charge is -2.36. The first-order valence-corrected chi connectivity index (χ1v) is 9.70. The van der Waals surface area contributed by atoms with Crippen molar-refractivity contribution >= 4 is 53.1 Å². The van der Waals surface area contributed by atoms with Gasteiger partial charge in [-0.25, -0.2) is 4.98 Å². The molecule has 1 aliphatic carbocycles. The molecule has 2 fully saturated rings. The summed E-state index contributed by atoms with van der Waals surface area (Å²) >= 11 is 1.42. The van der Waals surface area contributed by atoms with Crippen molar-refractivity contribution in [2.24, 2.45) is 11.3 Å². The Balaban J connectivity index is 0.00000169. The van der Waals surface area contributed by atoms with Gasteiger partial charge in [0.2, 0.25) is 11.8 Å². The quantitative estimate of drug-likeness (QED) is 0.630. The van der Waals surface area contributed by atoms with Gasteiger partial charge in [-0.1, -0.05) is 19.3 Å². The summed E-state index contributed by atoms with van der Waals surface area (Å²) in [5.41, 5.74) is -0.193. The smallest absolute Gasteiger partial charge is 0.226 e. The van der Waals surface area contributed by atoms with Crippen molar-refractivity contribution in [1.82, 2.24) is 15.6 Å². The van der Waals surface area contributed by atoms with E-state index in [0.717, 1.165) is 45.3 Å². The highest BCUT2D eigenvalue weighted by atomic mass is 35.5. The van der Waals surface area contributed by atoms with Gasteiger partial charge in [-0.15, -0.1) is 36.2 Å². The van der Waals surface area contributed by atoms with E-state index in [1.54, 1.807) is 6.20 Å². The summed E-state index contributed by atoms with van der Waals surface area (Å²) < 4.78 is 0. The van der Waals surface area contributed by atoms with Crippen molar-refractivity contribution in [3.05, 3.63) is 11.6 Å². The molecule has 3 rings (SSSR count). The zero-order valence-electron chi connectivity index (χ0n) is 14.8. The largest absolute Gasteiger partial charge is 0.356 e. The van der Waals surface area contributed by atoms with E-state index in [1.165, 1.54) is 17.8 Å². The molecule has 2 aliphatic rings. The zero-order valence-corrected chi connectivity index (χ0v) is 17.2. The molecule has 9 heteroatoms. The number of hydrogen-bond acceptors (Lipinski definition) is 5. The predicted octanol–water partition coefficient (Wildman–Crippen LogP) is 2.99. The monoisotopic (exact) mass is 422 g/mol. The molecular formula is C17H28Cl2N4O2S. The summed E-state index contributed by atoms with van der Waals surface area (Å²) in [6.07, 6.45) is 7.86. The van der Waals surface area contributed by atoms with E-state index in [1.807, 2.05) is 5.38 Å². The molecular weight excluding hydrogens is 395 g/mol. The third kappa shape index (κ3) is 6.68. The Kier molecular flexibility index (Phi) is 9.85. The normalized spacial score (nSPS) is 18.6. The Morgan fingerprint density at radius 1 is 1.15 bits per heavy atom. The fourth-order valence-electron chi connectivity index (χ4n) is 3.66. The zero-order chi connectivity index (χ0) is 16.8. The minimum Gasteiger partial charge on any atom is -0.356 e. The first kappa shape index (κ1) is 23.1. The molecule has 1 saturated heterocycles. The number of carbonyl (C=O) groups is 2. The minimum atomic E-state index is -0.193. The molecule has 1 aromatic rings. The van der Waals surface area contributed by atoms with E-state index >= 15 is 0 Å². The van der Waals surface area contributed by atoms with Gasteiger partial charge in [0, 0.05) is 50.0 Å². The van der Waals surface area contributed by atoms with Crippen LogP contribution in [-0.2, 0) is 9.59 Å². The molecule has 148 valence electrons. The summed E-state index contributed by atoms with van der Waals surface area (Å²) in [5.74, 6) is 0.623. The average molecular weight is 423 g/mol. The lowest BCUT2D eigenvalue weighted by Crippen LogP contribution is -2.48. The Morgan fingerprint density at radius 2 is 1.85 bits per heavy atom. The molecule has 3 N–H and O–H groups in total. The summed E-state index contributed by atoms with van der Waals surface area (Å²) in [6.45, 7) is 2.72. The van der Waals surface area contributed by atoms with Gasteiger partial charge in [-0.3, -0.25) is 9.59 Å². The van der Waals surface area contributed by atoms with E-state index in [9.17, 15) is 9.59 Å². The summed E-state index contributed by atoms with van der Waals surface area (Å²) in [4.78, 5) is 28.9.